The number of rotatable bonds is 8. The first-order valence-electron chi connectivity index (χ1n) is 10.1. The zero-order chi connectivity index (χ0) is 22.5. The molecule has 0 bridgehead atoms. The summed E-state index contributed by atoms with van der Waals surface area (Å²) >= 11 is 1.20. The molecule has 1 aliphatic heterocycles. The normalized spacial score (nSPS) is 13.8. The predicted molar refractivity (Wildman–Crippen MR) is 116 cm³/mol. The number of benzene rings is 1. The minimum atomic E-state index is -0.960. The Balaban J connectivity index is 1.46. The van der Waals surface area contributed by atoms with Crippen molar-refractivity contribution in [3.8, 4) is 0 Å². The fraction of sp³-hybridized carbons (Fsp3) is 0.350. The van der Waals surface area contributed by atoms with Crippen LogP contribution in [-0.4, -0.2) is 44.4 Å². The summed E-state index contributed by atoms with van der Waals surface area (Å²) in [6, 6.07) is 6.89. The van der Waals surface area contributed by atoms with Crippen molar-refractivity contribution in [2.45, 2.75) is 31.0 Å². The van der Waals surface area contributed by atoms with Gasteiger partial charge in [-0.1, -0.05) is 11.8 Å². The maximum atomic E-state index is 13.5. The Morgan fingerprint density at radius 2 is 2.06 bits per heavy atom. The SMILES string of the molecule is O=C(CSc1nnc(N2CCCCC2)n1Cc1ccco1)Nc1ccc(F)c([N+](=O)[O-])c1. The maximum Gasteiger partial charge on any atom is 0.306 e. The summed E-state index contributed by atoms with van der Waals surface area (Å²) in [5.74, 6) is 0.120. The van der Waals surface area contributed by atoms with Gasteiger partial charge in [0.15, 0.2) is 5.16 Å². The van der Waals surface area contributed by atoms with Gasteiger partial charge in [-0.15, -0.1) is 10.2 Å². The molecule has 0 atom stereocenters. The van der Waals surface area contributed by atoms with Gasteiger partial charge in [0.25, 0.3) is 0 Å². The summed E-state index contributed by atoms with van der Waals surface area (Å²) < 4.78 is 20.9. The monoisotopic (exact) mass is 460 g/mol. The van der Waals surface area contributed by atoms with Crippen molar-refractivity contribution in [3.05, 3.63) is 58.3 Å². The lowest BCUT2D eigenvalue weighted by Gasteiger charge is -2.27. The van der Waals surface area contributed by atoms with Crippen molar-refractivity contribution in [1.29, 1.82) is 0 Å². The lowest BCUT2D eigenvalue weighted by atomic mass is 10.1. The Kier molecular flexibility index (Phi) is 6.69. The molecule has 0 unspecified atom stereocenters. The molecule has 32 heavy (non-hydrogen) atoms. The van der Waals surface area contributed by atoms with Gasteiger partial charge in [0.2, 0.25) is 17.7 Å². The lowest BCUT2D eigenvalue weighted by Crippen LogP contribution is -2.32. The lowest BCUT2D eigenvalue weighted by molar-refractivity contribution is -0.387. The summed E-state index contributed by atoms with van der Waals surface area (Å²) in [4.78, 5) is 24.6. The van der Waals surface area contributed by atoms with E-state index in [1.54, 1.807) is 6.26 Å². The van der Waals surface area contributed by atoms with Crippen LogP contribution in [-0.2, 0) is 11.3 Å². The number of hydrogen-bond acceptors (Lipinski definition) is 8. The topological polar surface area (TPSA) is 119 Å². The number of carbonyl (C=O) groups excluding carboxylic acids is 1. The predicted octanol–water partition coefficient (Wildman–Crippen LogP) is 3.69. The third kappa shape index (κ3) is 5.07. The molecular formula is C20H21FN6O4S. The molecule has 0 saturated carbocycles. The van der Waals surface area contributed by atoms with Crippen molar-refractivity contribution in [2.24, 2.45) is 0 Å². The van der Waals surface area contributed by atoms with Gasteiger partial charge >= 0.3 is 5.69 Å². The number of thioether (sulfide) groups is 1. The summed E-state index contributed by atoms with van der Waals surface area (Å²) in [5, 5.41) is 22.6. The van der Waals surface area contributed by atoms with Crippen LogP contribution >= 0.6 is 11.8 Å². The number of nitrogens with one attached hydrogen (secondary N) is 1. The van der Waals surface area contributed by atoms with Crippen LogP contribution in [0.2, 0.25) is 0 Å². The van der Waals surface area contributed by atoms with E-state index in [1.165, 1.54) is 24.2 Å². The van der Waals surface area contributed by atoms with E-state index in [9.17, 15) is 19.3 Å². The molecule has 1 aromatic carbocycles. The van der Waals surface area contributed by atoms with Crippen molar-refractivity contribution in [1.82, 2.24) is 14.8 Å². The maximum absolute atomic E-state index is 13.5. The van der Waals surface area contributed by atoms with E-state index in [2.05, 4.69) is 20.4 Å². The molecule has 1 N–H and O–H groups in total. The smallest absolute Gasteiger partial charge is 0.306 e. The molecule has 1 fully saturated rings. The van der Waals surface area contributed by atoms with E-state index in [0.717, 1.165) is 49.8 Å². The molecule has 4 rings (SSSR count). The first kappa shape index (κ1) is 21.8. The van der Waals surface area contributed by atoms with E-state index in [1.807, 2.05) is 16.7 Å². The molecular weight excluding hydrogens is 439 g/mol. The molecule has 1 saturated heterocycles. The van der Waals surface area contributed by atoms with Crippen LogP contribution in [0.1, 0.15) is 25.0 Å². The minimum absolute atomic E-state index is 0.00145. The van der Waals surface area contributed by atoms with Gasteiger partial charge in [-0.05, 0) is 43.5 Å². The van der Waals surface area contributed by atoms with Gasteiger partial charge in [-0.25, -0.2) is 0 Å². The standard InChI is InChI=1S/C20H21FN6O4S/c21-16-7-6-14(11-17(16)27(29)30)22-18(28)13-32-20-24-23-19(25-8-2-1-3-9-25)26(20)12-15-5-4-10-31-15/h4-7,10-11H,1-3,8-9,12-13H2,(H,22,28). The highest BCUT2D eigenvalue weighted by Gasteiger charge is 2.22. The average Bonchev–Trinajstić information content (AvgIpc) is 3.44. The number of halogens is 1. The van der Waals surface area contributed by atoms with Crippen molar-refractivity contribution < 1.29 is 18.5 Å². The number of nitrogens with zero attached hydrogens (tertiary/aromatic N) is 5. The highest BCUT2D eigenvalue weighted by molar-refractivity contribution is 7.99. The molecule has 1 amide bonds. The number of amides is 1. The molecule has 168 valence electrons. The number of aromatic nitrogens is 3. The number of hydrogen-bond donors (Lipinski definition) is 1. The molecule has 3 heterocycles. The van der Waals surface area contributed by atoms with Crippen LogP contribution in [0.3, 0.4) is 0 Å². The van der Waals surface area contributed by atoms with Gasteiger partial charge in [-0.2, -0.15) is 4.39 Å². The van der Waals surface area contributed by atoms with Crippen LogP contribution in [0.4, 0.5) is 21.7 Å². The largest absolute Gasteiger partial charge is 0.467 e. The fourth-order valence-electron chi connectivity index (χ4n) is 3.47. The molecule has 10 nitrogen and oxygen atoms in total. The van der Waals surface area contributed by atoms with Gasteiger partial charge < -0.3 is 14.6 Å². The second-order valence-electron chi connectivity index (χ2n) is 7.26. The quantitative estimate of drug-likeness (QED) is 0.307. The van der Waals surface area contributed by atoms with Gasteiger partial charge in [0.1, 0.15) is 5.76 Å². The zero-order valence-corrected chi connectivity index (χ0v) is 17.9. The average molecular weight is 460 g/mol. The summed E-state index contributed by atoms with van der Waals surface area (Å²) in [7, 11) is 0. The number of carbonyl (C=O) groups is 1. The third-order valence-electron chi connectivity index (χ3n) is 4.99. The molecule has 0 spiro atoms. The second kappa shape index (κ2) is 9.81. The first-order valence-corrected chi connectivity index (χ1v) is 11.1. The number of nitro groups is 1. The molecule has 12 heteroatoms. The number of anilines is 2. The number of furan rings is 1. The first-order chi connectivity index (χ1) is 15.5. The Hall–Kier alpha value is -3.41. The fourth-order valence-corrected chi connectivity index (χ4v) is 4.20. The van der Waals surface area contributed by atoms with Crippen LogP contribution in [0, 0.1) is 15.9 Å². The van der Waals surface area contributed by atoms with E-state index in [4.69, 9.17) is 4.42 Å². The molecule has 0 radical (unpaired) electrons. The Morgan fingerprint density at radius 1 is 1.25 bits per heavy atom. The highest BCUT2D eigenvalue weighted by Crippen LogP contribution is 2.26. The Morgan fingerprint density at radius 3 is 2.78 bits per heavy atom. The van der Waals surface area contributed by atoms with E-state index < -0.39 is 22.3 Å². The Labute approximate surface area is 186 Å². The zero-order valence-electron chi connectivity index (χ0n) is 17.1. The van der Waals surface area contributed by atoms with E-state index >= 15 is 0 Å². The minimum Gasteiger partial charge on any atom is -0.467 e. The van der Waals surface area contributed by atoms with Crippen molar-refractivity contribution in [3.63, 3.8) is 0 Å². The van der Waals surface area contributed by atoms with Crippen molar-refractivity contribution in [2.75, 3.05) is 29.1 Å². The summed E-state index contributed by atoms with van der Waals surface area (Å²) in [6.45, 7) is 2.22. The molecule has 3 aromatic rings. The van der Waals surface area contributed by atoms with Crippen LogP contribution in [0.15, 0.2) is 46.2 Å². The number of nitro benzene ring substituents is 1. The van der Waals surface area contributed by atoms with Gasteiger partial charge in [0, 0.05) is 24.8 Å². The molecule has 2 aromatic heterocycles. The highest BCUT2D eigenvalue weighted by atomic mass is 32.2. The molecule has 0 aliphatic carbocycles. The van der Waals surface area contributed by atoms with Gasteiger partial charge in [-0.3, -0.25) is 19.5 Å². The van der Waals surface area contributed by atoms with E-state index in [0.29, 0.717) is 11.7 Å². The van der Waals surface area contributed by atoms with Gasteiger partial charge in [0.05, 0.1) is 23.5 Å². The second-order valence-corrected chi connectivity index (χ2v) is 8.20. The number of piperidine rings is 1. The van der Waals surface area contributed by atoms with E-state index in [-0.39, 0.29) is 11.4 Å². The summed E-state index contributed by atoms with van der Waals surface area (Å²) in [5.41, 5.74) is -0.547. The summed E-state index contributed by atoms with van der Waals surface area (Å²) in [6.07, 6.45) is 4.96. The molecule has 1 aliphatic rings. The Bertz CT molecular complexity index is 1100. The van der Waals surface area contributed by atoms with Crippen LogP contribution < -0.4 is 10.2 Å². The van der Waals surface area contributed by atoms with Crippen LogP contribution in [0.25, 0.3) is 0 Å². The van der Waals surface area contributed by atoms with Crippen molar-refractivity contribution >= 4 is 35.0 Å². The van der Waals surface area contributed by atoms with Crippen LogP contribution in [0.5, 0.6) is 0 Å². The third-order valence-corrected chi connectivity index (χ3v) is 5.96.